The summed E-state index contributed by atoms with van der Waals surface area (Å²) in [6.45, 7) is 2.26. The molecule has 2 heterocycles. The number of aryl methyl sites for hydroxylation is 1. The van der Waals surface area contributed by atoms with Crippen molar-refractivity contribution in [2.24, 2.45) is 0 Å². The third-order valence-corrected chi connectivity index (χ3v) is 4.92. The maximum absolute atomic E-state index is 12.2. The van der Waals surface area contributed by atoms with E-state index in [4.69, 9.17) is 4.42 Å². The van der Waals surface area contributed by atoms with Crippen LogP contribution in [-0.4, -0.2) is 37.0 Å². The van der Waals surface area contributed by atoms with E-state index in [9.17, 15) is 13.5 Å². The number of piperidine rings is 1. The van der Waals surface area contributed by atoms with Crippen molar-refractivity contribution in [3.8, 4) is 0 Å². The molecule has 1 atom stereocenters. The number of nitrogens with zero attached hydrogens (tertiary/aromatic N) is 1. The molecule has 0 bridgehead atoms. The average Bonchev–Trinajstić information content (AvgIpc) is 2.82. The molecule has 1 aromatic rings. The van der Waals surface area contributed by atoms with Crippen molar-refractivity contribution in [1.29, 1.82) is 0 Å². The molecule has 7 heteroatoms. The first kappa shape index (κ1) is 14.5. The number of nitrogens with one attached hydrogen (secondary N) is 1. The number of aliphatic hydroxyl groups is 1. The van der Waals surface area contributed by atoms with Crippen LogP contribution in [0, 0.1) is 6.92 Å². The average molecular weight is 288 g/mol. The van der Waals surface area contributed by atoms with Crippen molar-refractivity contribution in [1.82, 2.24) is 9.03 Å². The van der Waals surface area contributed by atoms with Gasteiger partial charge in [-0.1, -0.05) is 6.42 Å². The number of hydrogen-bond acceptors (Lipinski definition) is 4. The molecule has 1 saturated heterocycles. The highest BCUT2D eigenvalue weighted by molar-refractivity contribution is 7.87. The fourth-order valence-corrected chi connectivity index (χ4v) is 3.72. The van der Waals surface area contributed by atoms with Gasteiger partial charge in [-0.05, 0) is 31.9 Å². The lowest BCUT2D eigenvalue weighted by Gasteiger charge is -2.33. The zero-order valence-corrected chi connectivity index (χ0v) is 11.8. The molecular weight excluding hydrogens is 268 g/mol. The maximum Gasteiger partial charge on any atom is 0.280 e. The van der Waals surface area contributed by atoms with E-state index >= 15 is 0 Å². The maximum atomic E-state index is 12.2. The van der Waals surface area contributed by atoms with Crippen LogP contribution in [0.25, 0.3) is 0 Å². The molecule has 6 nitrogen and oxygen atoms in total. The van der Waals surface area contributed by atoms with Gasteiger partial charge in [0.15, 0.2) is 0 Å². The summed E-state index contributed by atoms with van der Waals surface area (Å²) in [7, 11) is -3.57. The molecule has 1 aliphatic rings. The summed E-state index contributed by atoms with van der Waals surface area (Å²) in [5, 5.41) is 9.26. The van der Waals surface area contributed by atoms with Crippen molar-refractivity contribution < 1.29 is 17.9 Å². The van der Waals surface area contributed by atoms with Crippen LogP contribution in [0.2, 0.25) is 0 Å². The molecule has 0 amide bonds. The highest BCUT2D eigenvalue weighted by Gasteiger charge is 2.31. The molecule has 0 aliphatic carbocycles. The highest BCUT2D eigenvalue weighted by atomic mass is 32.2. The molecule has 19 heavy (non-hydrogen) atoms. The van der Waals surface area contributed by atoms with Crippen LogP contribution in [0.15, 0.2) is 16.5 Å². The topological polar surface area (TPSA) is 82.8 Å². The molecule has 1 unspecified atom stereocenters. The lowest BCUT2D eigenvalue weighted by atomic mass is 10.1. The summed E-state index contributed by atoms with van der Waals surface area (Å²) in [5.74, 6) is 1.33. The van der Waals surface area contributed by atoms with Gasteiger partial charge in [0.25, 0.3) is 10.2 Å². The molecule has 0 radical (unpaired) electrons. The first-order valence-corrected chi connectivity index (χ1v) is 7.89. The summed E-state index contributed by atoms with van der Waals surface area (Å²) in [5.41, 5.74) is 0. The lowest BCUT2D eigenvalue weighted by molar-refractivity contribution is 0.154. The Hall–Kier alpha value is -0.890. The number of aliphatic hydroxyl groups excluding tert-OH is 1. The standard InChI is InChI=1S/C12H20N2O4S/c1-10-5-6-12(18-10)8-13-19(16,17)14-7-3-2-4-11(14)9-15/h5-6,11,13,15H,2-4,7-9H2,1H3. The predicted molar refractivity (Wildman–Crippen MR) is 70.6 cm³/mol. The van der Waals surface area contributed by atoms with Gasteiger partial charge in [0, 0.05) is 12.6 Å². The fraction of sp³-hybridized carbons (Fsp3) is 0.667. The van der Waals surface area contributed by atoms with E-state index in [1.54, 1.807) is 12.1 Å². The summed E-state index contributed by atoms with van der Waals surface area (Å²) < 4.78 is 33.6. The first-order valence-electron chi connectivity index (χ1n) is 6.45. The molecule has 2 rings (SSSR count). The molecular formula is C12H20N2O4S. The van der Waals surface area contributed by atoms with Gasteiger partial charge >= 0.3 is 0 Å². The van der Waals surface area contributed by atoms with E-state index < -0.39 is 10.2 Å². The Kier molecular flexibility index (Phi) is 4.62. The number of hydrogen-bond donors (Lipinski definition) is 2. The number of rotatable bonds is 5. The van der Waals surface area contributed by atoms with Crippen LogP contribution < -0.4 is 4.72 Å². The molecule has 108 valence electrons. The quantitative estimate of drug-likeness (QED) is 0.838. The predicted octanol–water partition coefficient (Wildman–Crippen LogP) is 0.769. The third-order valence-electron chi connectivity index (χ3n) is 3.32. The van der Waals surface area contributed by atoms with Gasteiger partial charge in [0.2, 0.25) is 0 Å². The molecule has 0 aromatic carbocycles. The van der Waals surface area contributed by atoms with E-state index in [0.717, 1.165) is 18.6 Å². The Balaban J connectivity index is 2.00. The summed E-state index contributed by atoms with van der Waals surface area (Å²) in [6.07, 6.45) is 2.49. The van der Waals surface area contributed by atoms with Gasteiger partial charge in [-0.25, -0.2) is 0 Å². The van der Waals surface area contributed by atoms with Crippen LogP contribution in [-0.2, 0) is 16.8 Å². The Morgan fingerprint density at radius 2 is 2.26 bits per heavy atom. The molecule has 0 spiro atoms. The molecule has 0 saturated carbocycles. The monoisotopic (exact) mass is 288 g/mol. The van der Waals surface area contributed by atoms with Crippen LogP contribution in [0.4, 0.5) is 0 Å². The zero-order chi connectivity index (χ0) is 13.9. The normalized spacial score (nSPS) is 21.7. The van der Waals surface area contributed by atoms with Gasteiger partial charge in [-0.3, -0.25) is 0 Å². The zero-order valence-electron chi connectivity index (χ0n) is 11.0. The third kappa shape index (κ3) is 3.56. The summed E-state index contributed by atoms with van der Waals surface area (Å²) in [6, 6.07) is 3.23. The van der Waals surface area contributed by atoms with Gasteiger partial charge in [-0.2, -0.15) is 17.4 Å². The van der Waals surface area contributed by atoms with Crippen LogP contribution in [0.1, 0.15) is 30.8 Å². The van der Waals surface area contributed by atoms with E-state index in [-0.39, 0.29) is 19.2 Å². The smallest absolute Gasteiger partial charge is 0.280 e. The minimum absolute atomic E-state index is 0.130. The van der Waals surface area contributed by atoms with Gasteiger partial charge in [0.1, 0.15) is 11.5 Å². The van der Waals surface area contributed by atoms with Crippen molar-refractivity contribution >= 4 is 10.2 Å². The molecule has 1 fully saturated rings. The van der Waals surface area contributed by atoms with Gasteiger partial charge in [0.05, 0.1) is 13.2 Å². The Labute approximate surface area is 113 Å². The fourth-order valence-electron chi connectivity index (χ4n) is 2.30. The van der Waals surface area contributed by atoms with Crippen molar-refractivity contribution in [2.45, 2.75) is 38.8 Å². The highest BCUT2D eigenvalue weighted by Crippen LogP contribution is 2.19. The van der Waals surface area contributed by atoms with E-state index in [1.165, 1.54) is 4.31 Å². The summed E-state index contributed by atoms with van der Waals surface area (Å²) >= 11 is 0. The SMILES string of the molecule is Cc1ccc(CNS(=O)(=O)N2CCCCC2CO)o1. The van der Waals surface area contributed by atoms with Crippen molar-refractivity contribution in [3.63, 3.8) is 0 Å². The minimum atomic E-state index is -3.57. The second-order valence-corrected chi connectivity index (χ2v) is 6.49. The van der Waals surface area contributed by atoms with Crippen molar-refractivity contribution in [2.75, 3.05) is 13.2 Å². The molecule has 1 aliphatic heterocycles. The van der Waals surface area contributed by atoms with Crippen molar-refractivity contribution in [3.05, 3.63) is 23.7 Å². The lowest BCUT2D eigenvalue weighted by Crippen LogP contribution is -2.50. The molecule has 1 aromatic heterocycles. The second kappa shape index (κ2) is 6.04. The van der Waals surface area contributed by atoms with E-state index in [0.29, 0.717) is 18.7 Å². The number of furan rings is 1. The molecule has 2 N–H and O–H groups in total. The largest absolute Gasteiger partial charge is 0.465 e. The first-order chi connectivity index (χ1) is 9.03. The van der Waals surface area contributed by atoms with Crippen LogP contribution in [0.5, 0.6) is 0 Å². The second-order valence-electron chi connectivity index (χ2n) is 4.78. The van der Waals surface area contributed by atoms with Crippen LogP contribution >= 0.6 is 0 Å². The van der Waals surface area contributed by atoms with E-state index in [2.05, 4.69) is 4.72 Å². The Morgan fingerprint density at radius 3 is 2.89 bits per heavy atom. The Bertz CT molecular complexity index is 512. The minimum Gasteiger partial charge on any atom is -0.465 e. The van der Waals surface area contributed by atoms with Crippen LogP contribution in [0.3, 0.4) is 0 Å². The van der Waals surface area contributed by atoms with Gasteiger partial charge < -0.3 is 9.52 Å². The summed E-state index contributed by atoms with van der Waals surface area (Å²) in [4.78, 5) is 0. The van der Waals surface area contributed by atoms with Gasteiger partial charge in [-0.15, -0.1) is 0 Å². The van der Waals surface area contributed by atoms with E-state index in [1.807, 2.05) is 6.92 Å². The Morgan fingerprint density at radius 1 is 1.47 bits per heavy atom.